The molecule has 0 radical (unpaired) electrons. The smallest absolute Gasteiger partial charge is 1.00 e. The Balaban J connectivity index is 0.000000500. The topological polar surface area (TPSA) is 29.3 Å². The zero-order chi connectivity index (χ0) is 38.5. The quantitative estimate of drug-likeness (QED) is 0.145. The third-order valence-corrected chi connectivity index (χ3v) is 10.4. The Bertz CT molecular complexity index is 1830. The predicted octanol–water partition coefficient (Wildman–Crippen LogP) is 13.1. The van der Waals surface area contributed by atoms with Gasteiger partial charge in [0.2, 0.25) is 0 Å². The zero-order valence-electron chi connectivity index (χ0n) is 33.7. The van der Waals surface area contributed by atoms with Gasteiger partial charge < -0.3 is 12.1 Å². The maximum atomic E-state index is 6.69. The van der Waals surface area contributed by atoms with E-state index < -0.39 is 0 Å². The molecule has 0 atom stereocenters. The average Bonchev–Trinajstić information content (AvgIpc) is 3.02. The van der Waals surface area contributed by atoms with Crippen molar-refractivity contribution in [2.24, 2.45) is 0 Å². The van der Waals surface area contributed by atoms with Crippen molar-refractivity contribution in [3.8, 4) is 0 Å². The molecular formula is C44H52BrCl4KN2. The van der Waals surface area contributed by atoms with E-state index >= 15 is 0 Å². The van der Waals surface area contributed by atoms with Crippen molar-refractivity contribution in [2.75, 3.05) is 10.6 Å². The summed E-state index contributed by atoms with van der Waals surface area (Å²) in [5.74, 6) is 0. The van der Waals surface area contributed by atoms with Crippen LogP contribution in [0.25, 0.3) is 0 Å². The van der Waals surface area contributed by atoms with Crippen LogP contribution in [0.5, 0.6) is 0 Å². The van der Waals surface area contributed by atoms with Crippen LogP contribution in [0.15, 0.2) is 102 Å². The van der Waals surface area contributed by atoms with E-state index in [9.17, 15) is 0 Å². The van der Waals surface area contributed by atoms with E-state index in [0.29, 0.717) is 25.8 Å². The van der Waals surface area contributed by atoms with Gasteiger partial charge >= 0.3 is 51.4 Å². The Hall–Kier alpha value is -1.02. The Morgan fingerprint density at radius 3 is 1.19 bits per heavy atom. The minimum atomic E-state index is 0. The zero-order valence-corrected chi connectivity index (χ0v) is 40.4. The first-order chi connectivity index (χ1) is 23.5. The molecule has 5 aromatic carbocycles. The van der Waals surface area contributed by atoms with Crippen LogP contribution in [0.2, 0.25) is 20.1 Å². The van der Waals surface area contributed by atoms with E-state index in [-0.39, 0.29) is 69.1 Å². The van der Waals surface area contributed by atoms with Crippen molar-refractivity contribution in [1.82, 2.24) is 0 Å². The molecule has 2 nitrogen and oxygen atoms in total. The predicted molar refractivity (Wildman–Crippen MR) is 233 cm³/mol. The number of hydrogen-bond donors (Lipinski definition) is 1. The molecule has 0 aliphatic heterocycles. The summed E-state index contributed by atoms with van der Waals surface area (Å²) in [6, 6.07) is 33.4. The van der Waals surface area contributed by atoms with Crippen LogP contribution in [0.4, 0.5) is 22.7 Å². The minimum absolute atomic E-state index is 0. The van der Waals surface area contributed by atoms with E-state index in [4.69, 9.17) is 52.1 Å². The molecule has 52 heavy (non-hydrogen) atoms. The monoisotopic (exact) mass is 866 g/mol. The fourth-order valence-electron chi connectivity index (χ4n) is 5.22. The van der Waals surface area contributed by atoms with Crippen LogP contribution < -0.4 is 62.0 Å². The van der Waals surface area contributed by atoms with Gasteiger partial charge in [-0.15, -0.1) is 0 Å². The number of anilines is 4. The van der Waals surface area contributed by atoms with Gasteiger partial charge in [-0.05, 0) is 119 Å². The van der Waals surface area contributed by atoms with Crippen LogP contribution in [0.1, 0.15) is 91.6 Å². The summed E-state index contributed by atoms with van der Waals surface area (Å²) < 4.78 is 1.14. The van der Waals surface area contributed by atoms with Gasteiger partial charge in [0, 0.05) is 15.8 Å². The number of rotatable bonds is 3. The van der Waals surface area contributed by atoms with Gasteiger partial charge in [-0.25, -0.2) is 0 Å². The Morgan fingerprint density at radius 2 is 0.846 bits per heavy atom. The van der Waals surface area contributed by atoms with Crippen molar-refractivity contribution in [3.05, 3.63) is 149 Å². The maximum Gasteiger partial charge on any atom is 1.00 e. The molecular weight excluding hydrogens is 817 g/mol. The standard InChI is InChI=1S/C27H31Cl2N.C10H13Br.C7H7Cl2N.K.H/c1-18-16-23(28)25(29)24(17-18)30(21-12-8-19(9-13-21)26(2,3)4)22-14-10-20(11-15-22)27(5,6)7;1-10(2,3)8-4-6-9(11)7-5-8;1-4-2-5(8)7(9)6(10)3-4;;/h8-17H,1-7H3;4-7H,1-3H3;2-3H,10H2,1H3;;/q;;;+1;-1. The van der Waals surface area contributed by atoms with Gasteiger partial charge in [0.05, 0.1) is 31.5 Å². The van der Waals surface area contributed by atoms with Gasteiger partial charge in [0.25, 0.3) is 0 Å². The SMILES string of the molecule is CC(C)(C)c1ccc(Br)cc1.Cc1cc(Cl)c(Cl)c(N(c2ccc(C(C)(C)C)cc2)c2ccc(C(C)(C)C)cc2)c1.Cc1cc(N)c(Cl)c(Cl)c1.[H-].[K+]. The number of nitrogens with two attached hydrogens (primary N) is 1. The molecule has 0 aliphatic carbocycles. The van der Waals surface area contributed by atoms with Crippen molar-refractivity contribution < 1.29 is 52.8 Å². The molecule has 0 heterocycles. The number of nitrogen functional groups attached to an aromatic ring is 1. The van der Waals surface area contributed by atoms with E-state index in [1.807, 2.05) is 19.9 Å². The van der Waals surface area contributed by atoms with E-state index in [1.165, 1.54) is 16.7 Å². The summed E-state index contributed by atoms with van der Waals surface area (Å²) in [6.45, 7) is 24.0. The molecule has 8 heteroatoms. The number of halogens is 5. The molecule has 0 aliphatic rings. The molecule has 0 saturated carbocycles. The van der Waals surface area contributed by atoms with Crippen molar-refractivity contribution in [1.29, 1.82) is 0 Å². The molecule has 0 unspecified atom stereocenters. The van der Waals surface area contributed by atoms with Crippen LogP contribution in [-0.2, 0) is 16.2 Å². The second kappa shape index (κ2) is 19.7. The molecule has 0 spiro atoms. The van der Waals surface area contributed by atoms with Gasteiger partial charge in [0.1, 0.15) is 0 Å². The van der Waals surface area contributed by atoms with E-state index in [1.54, 1.807) is 12.1 Å². The molecule has 0 amide bonds. The third kappa shape index (κ3) is 13.6. The van der Waals surface area contributed by atoms with E-state index in [0.717, 1.165) is 32.7 Å². The van der Waals surface area contributed by atoms with E-state index in [2.05, 4.69) is 162 Å². The molecule has 0 saturated heterocycles. The first-order valence-corrected chi connectivity index (χ1v) is 19.2. The fraction of sp³-hybridized carbons (Fsp3) is 0.318. The maximum absolute atomic E-state index is 6.69. The Labute approximate surface area is 385 Å². The largest absolute Gasteiger partial charge is 1.00 e. The first kappa shape index (κ1) is 47.1. The molecule has 0 fully saturated rings. The summed E-state index contributed by atoms with van der Waals surface area (Å²) in [5.41, 5.74) is 15.5. The summed E-state index contributed by atoms with van der Waals surface area (Å²) in [6.07, 6.45) is 0. The molecule has 0 bridgehead atoms. The van der Waals surface area contributed by atoms with Crippen molar-refractivity contribution >= 4 is 85.1 Å². The minimum Gasteiger partial charge on any atom is -1.00 e. The van der Waals surface area contributed by atoms with Crippen LogP contribution in [-0.4, -0.2) is 0 Å². The van der Waals surface area contributed by atoms with Crippen molar-refractivity contribution in [3.63, 3.8) is 0 Å². The van der Waals surface area contributed by atoms with Gasteiger partial charge in [-0.1, -0.05) is 161 Å². The summed E-state index contributed by atoms with van der Waals surface area (Å²) in [7, 11) is 0. The number of benzene rings is 5. The summed E-state index contributed by atoms with van der Waals surface area (Å²) >= 11 is 28.0. The molecule has 5 rings (SSSR count). The molecule has 274 valence electrons. The normalized spacial score (nSPS) is 11.4. The van der Waals surface area contributed by atoms with Crippen LogP contribution in [0.3, 0.4) is 0 Å². The summed E-state index contributed by atoms with van der Waals surface area (Å²) in [4.78, 5) is 2.18. The Kier molecular flexibility index (Phi) is 17.9. The summed E-state index contributed by atoms with van der Waals surface area (Å²) in [5, 5.41) is 2.07. The third-order valence-electron chi connectivity index (χ3n) is 8.29. The molecule has 0 aromatic heterocycles. The number of hydrogen-bond acceptors (Lipinski definition) is 2. The second-order valence-corrected chi connectivity index (χ2v) is 18.4. The number of aryl methyl sites for hydroxylation is 2. The van der Waals surface area contributed by atoms with Crippen LogP contribution in [0, 0.1) is 13.8 Å². The average molecular weight is 870 g/mol. The van der Waals surface area contributed by atoms with Crippen molar-refractivity contribution in [2.45, 2.75) is 92.4 Å². The molecule has 2 N–H and O–H groups in total. The van der Waals surface area contributed by atoms with Gasteiger partial charge in [-0.2, -0.15) is 0 Å². The number of nitrogens with zero attached hydrogens (tertiary/aromatic N) is 1. The van der Waals surface area contributed by atoms with Gasteiger partial charge in [0.15, 0.2) is 0 Å². The fourth-order valence-corrected chi connectivity index (χ4v) is 6.34. The first-order valence-electron chi connectivity index (χ1n) is 16.9. The Morgan fingerprint density at radius 1 is 0.519 bits per heavy atom. The van der Waals surface area contributed by atoms with Gasteiger partial charge in [-0.3, -0.25) is 0 Å². The molecule has 5 aromatic rings. The van der Waals surface area contributed by atoms with Crippen LogP contribution >= 0.6 is 62.3 Å². The second-order valence-electron chi connectivity index (χ2n) is 15.9.